The molecule has 0 spiro atoms. The van der Waals surface area contributed by atoms with Crippen LogP contribution in [0.5, 0.6) is 0 Å². The van der Waals surface area contributed by atoms with Crippen LogP contribution in [0.4, 0.5) is 0 Å². The number of rotatable bonds is 2. The minimum atomic E-state index is -0.473. The number of carbonyl (C=O) groups is 1. The van der Waals surface area contributed by atoms with Crippen LogP contribution in [0.1, 0.15) is 12.8 Å². The van der Waals surface area contributed by atoms with E-state index in [0.717, 1.165) is 6.42 Å². The SMILES string of the molecule is O=C1CCC=CC1C[N+](=O)[O-]. The number of allylic oxidation sites excluding steroid dienone is 1. The summed E-state index contributed by atoms with van der Waals surface area (Å²) in [6, 6.07) is 0. The number of carbonyl (C=O) groups excluding carboxylic acids is 1. The molecule has 4 heteroatoms. The van der Waals surface area contributed by atoms with E-state index in [1.165, 1.54) is 0 Å². The molecule has 0 aliphatic heterocycles. The molecule has 0 amide bonds. The van der Waals surface area contributed by atoms with Crippen molar-refractivity contribution in [3.8, 4) is 0 Å². The van der Waals surface area contributed by atoms with Gasteiger partial charge in [0.25, 0.3) is 0 Å². The molecule has 0 aromatic carbocycles. The van der Waals surface area contributed by atoms with Crippen LogP contribution in [-0.4, -0.2) is 17.3 Å². The van der Waals surface area contributed by atoms with E-state index >= 15 is 0 Å². The van der Waals surface area contributed by atoms with Crippen LogP contribution < -0.4 is 0 Å². The van der Waals surface area contributed by atoms with Gasteiger partial charge in [-0.2, -0.15) is 0 Å². The second-order valence-corrected chi connectivity index (χ2v) is 2.55. The zero-order valence-corrected chi connectivity index (χ0v) is 6.03. The first kappa shape index (κ1) is 7.91. The van der Waals surface area contributed by atoms with Gasteiger partial charge in [0.1, 0.15) is 11.7 Å². The Balaban J connectivity index is 2.55. The second-order valence-electron chi connectivity index (χ2n) is 2.55. The van der Waals surface area contributed by atoms with Crippen molar-refractivity contribution in [3.63, 3.8) is 0 Å². The molecule has 1 aliphatic rings. The molecule has 60 valence electrons. The molecule has 1 unspecified atom stereocenters. The minimum absolute atomic E-state index is 0.01000. The van der Waals surface area contributed by atoms with Crippen LogP contribution in [-0.2, 0) is 4.79 Å². The predicted molar refractivity (Wildman–Crippen MR) is 38.7 cm³/mol. The van der Waals surface area contributed by atoms with Crippen molar-refractivity contribution >= 4 is 5.78 Å². The van der Waals surface area contributed by atoms with Gasteiger partial charge in [-0.1, -0.05) is 12.2 Å². The van der Waals surface area contributed by atoms with Gasteiger partial charge >= 0.3 is 0 Å². The summed E-state index contributed by atoms with van der Waals surface area (Å²) >= 11 is 0. The number of hydrogen-bond acceptors (Lipinski definition) is 3. The average Bonchev–Trinajstić information content (AvgIpc) is 1.93. The number of hydrogen-bond donors (Lipinski definition) is 0. The Labute approximate surface area is 64.0 Å². The van der Waals surface area contributed by atoms with Crippen molar-refractivity contribution in [2.45, 2.75) is 12.8 Å². The lowest BCUT2D eigenvalue weighted by atomic mass is 9.95. The summed E-state index contributed by atoms with van der Waals surface area (Å²) in [4.78, 5) is 20.6. The van der Waals surface area contributed by atoms with Gasteiger partial charge in [-0.05, 0) is 6.42 Å². The van der Waals surface area contributed by atoms with E-state index in [1.54, 1.807) is 6.08 Å². The van der Waals surface area contributed by atoms with Crippen molar-refractivity contribution in [1.82, 2.24) is 0 Å². The maximum absolute atomic E-state index is 11.0. The summed E-state index contributed by atoms with van der Waals surface area (Å²) in [7, 11) is 0. The van der Waals surface area contributed by atoms with Gasteiger partial charge in [0.05, 0.1) is 0 Å². The van der Waals surface area contributed by atoms with Gasteiger partial charge in [-0.3, -0.25) is 14.9 Å². The molecule has 1 atom stereocenters. The van der Waals surface area contributed by atoms with Crippen molar-refractivity contribution < 1.29 is 9.72 Å². The zero-order chi connectivity index (χ0) is 8.27. The summed E-state index contributed by atoms with van der Waals surface area (Å²) in [5.41, 5.74) is 0. The molecule has 0 fully saturated rings. The van der Waals surface area contributed by atoms with Crippen LogP contribution in [0.15, 0.2) is 12.2 Å². The Hall–Kier alpha value is -1.19. The molecule has 0 saturated carbocycles. The largest absolute Gasteiger partial charge is 0.299 e. The summed E-state index contributed by atoms with van der Waals surface area (Å²) in [5.74, 6) is -0.483. The number of ketones is 1. The highest BCUT2D eigenvalue weighted by Crippen LogP contribution is 2.12. The monoisotopic (exact) mass is 155 g/mol. The van der Waals surface area contributed by atoms with Crippen molar-refractivity contribution in [2.24, 2.45) is 5.92 Å². The van der Waals surface area contributed by atoms with Crippen molar-refractivity contribution in [1.29, 1.82) is 0 Å². The van der Waals surface area contributed by atoms with Crippen LogP contribution in [0.25, 0.3) is 0 Å². The highest BCUT2D eigenvalue weighted by atomic mass is 16.6. The topological polar surface area (TPSA) is 60.2 Å². The Morgan fingerprint density at radius 3 is 3.00 bits per heavy atom. The first-order valence-corrected chi connectivity index (χ1v) is 3.51. The fraction of sp³-hybridized carbons (Fsp3) is 0.571. The van der Waals surface area contributed by atoms with E-state index in [-0.39, 0.29) is 12.3 Å². The molecule has 0 N–H and O–H groups in total. The standard InChI is InChI=1S/C7H9NO3/c9-7-4-2-1-3-6(7)5-8(10)11/h1,3,6H,2,4-5H2. The van der Waals surface area contributed by atoms with Gasteiger partial charge in [0.2, 0.25) is 6.54 Å². The molecule has 4 nitrogen and oxygen atoms in total. The molecule has 0 heterocycles. The Bertz CT molecular complexity index is 210. The average molecular weight is 155 g/mol. The van der Waals surface area contributed by atoms with E-state index in [2.05, 4.69) is 0 Å². The summed E-state index contributed by atoms with van der Waals surface area (Å²) in [6.07, 6.45) is 4.65. The molecule has 1 aliphatic carbocycles. The lowest BCUT2D eigenvalue weighted by Crippen LogP contribution is -2.23. The molecular formula is C7H9NO3. The third-order valence-corrected chi connectivity index (χ3v) is 1.69. The first-order chi connectivity index (χ1) is 5.20. The van der Waals surface area contributed by atoms with Gasteiger partial charge < -0.3 is 0 Å². The maximum atomic E-state index is 11.0. The Morgan fingerprint density at radius 2 is 2.45 bits per heavy atom. The van der Waals surface area contributed by atoms with E-state index in [0.29, 0.717) is 6.42 Å². The van der Waals surface area contributed by atoms with Crippen LogP contribution >= 0.6 is 0 Å². The molecule has 1 rings (SSSR count). The summed E-state index contributed by atoms with van der Waals surface area (Å²) < 4.78 is 0. The third kappa shape index (κ3) is 2.14. The van der Waals surface area contributed by atoms with Crippen molar-refractivity contribution in [2.75, 3.05) is 6.54 Å². The van der Waals surface area contributed by atoms with Crippen molar-refractivity contribution in [3.05, 3.63) is 22.3 Å². The van der Waals surface area contributed by atoms with E-state index in [1.807, 2.05) is 6.08 Å². The van der Waals surface area contributed by atoms with E-state index in [4.69, 9.17) is 0 Å². The highest BCUT2D eigenvalue weighted by molar-refractivity contribution is 5.83. The summed E-state index contributed by atoms with van der Waals surface area (Å²) in [5, 5.41) is 10.0. The van der Waals surface area contributed by atoms with E-state index in [9.17, 15) is 14.9 Å². The van der Waals surface area contributed by atoms with Gasteiger partial charge in [0, 0.05) is 11.3 Å². The van der Waals surface area contributed by atoms with Crippen LogP contribution in [0.2, 0.25) is 0 Å². The lowest BCUT2D eigenvalue weighted by Gasteiger charge is -2.09. The van der Waals surface area contributed by atoms with Gasteiger partial charge in [-0.15, -0.1) is 0 Å². The zero-order valence-electron chi connectivity index (χ0n) is 6.03. The fourth-order valence-corrected chi connectivity index (χ4v) is 1.10. The lowest BCUT2D eigenvalue weighted by molar-refractivity contribution is -0.483. The molecular weight excluding hydrogens is 146 g/mol. The quantitative estimate of drug-likeness (QED) is 0.336. The second kappa shape index (κ2) is 3.27. The first-order valence-electron chi connectivity index (χ1n) is 3.51. The Morgan fingerprint density at radius 1 is 1.73 bits per heavy atom. The van der Waals surface area contributed by atoms with Crippen LogP contribution in [0.3, 0.4) is 0 Å². The van der Waals surface area contributed by atoms with Crippen LogP contribution in [0, 0.1) is 16.0 Å². The third-order valence-electron chi connectivity index (χ3n) is 1.69. The smallest absolute Gasteiger partial charge is 0.217 e. The molecule has 0 bridgehead atoms. The molecule has 0 radical (unpaired) electrons. The molecule has 11 heavy (non-hydrogen) atoms. The molecule has 0 saturated heterocycles. The Kier molecular flexibility index (Phi) is 2.36. The fourth-order valence-electron chi connectivity index (χ4n) is 1.10. The number of nitro groups is 1. The molecule has 0 aromatic heterocycles. The van der Waals surface area contributed by atoms with Gasteiger partial charge in [0.15, 0.2) is 0 Å². The minimum Gasteiger partial charge on any atom is -0.299 e. The van der Waals surface area contributed by atoms with Gasteiger partial charge in [-0.25, -0.2) is 0 Å². The predicted octanol–water partition coefficient (Wildman–Crippen LogP) is 0.798. The number of nitrogens with zero attached hydrogens (tertiary/aromatic N) is 1. The van der Waals surface area contributed by atoms with E-state index < -0.39 is 10.8 Å². The molecule has 0 aromatic rings. The highest BCUT2D eigenvalue weighted by Gasteiger charge is 2.22. The summed E-state index contributed by atoms with van der Waals surface area (Å²) in [6.45, 7) is -0.255. The normalized spacial score (nSPS) is 23.6. The maximum Gasteiger partial charge on any atom is 0.217 e. The number of Topliss-reactive ketones (excluding diaryl/α,β-unsaturated/α-hetero) is 1.